The van der Waals surface area contributed by atoms with Crippen LogP contribution in [0.4, 0.5) is 18.9 Å². The lowest BCUT2D eigenvalue weighted by atomic mass is 10.2. The molecule has 6 nitrogen and oxygen atoms in total. The third-order valence-electron chi connectivity index (χ3n) is 3.77. The summed E-state index contributed by atoms with van der Waals surface area (Å²) in [6.45, 7) is 0.648. The van der Waals surface area contributed by atoms with E-state index in [1.807, 2.05) is 0 Å². The van der Waals surface area contributed by atoms with Gasteiger partial charge in [-0.05, 0) is 48.9 Å². The Bertz CT molecular complexity index is 823. The molecule has 0 aromatic heterocycles. The van der Waals surface area contributed by atoms with Gasteiger partial charge in [-0.25, -0.2) is 0 Å². The monoisotopic (exact) mass is 410 g/mol. The SMILES string of the molecule is COCCCNC(=O)c1ccc(OCC(=O)Nc2cccc(C(F)(F)F)c2)cc1. The number of benzene rings is 2. The molecule has 0 aliphatic carbocycles. The van der Waals surface area contributed by atoms with Gasteiger partial charge in [0.25, 0.3) is 11.8 Å². The number of alkyl halides is 3. The minimum absolute atomic E-state index is 0.0221. The van der Waals surface area contributed by atoms with Crippen molar-refractivity contribution in [2.75, 3.05) is 32.2 Å². The van der Waals surface area contributed by atoms with Gasteiger partial charge in [-0.2, -0.15) is 13.2 Å². The molecule has 0 aliphatic heterocycles. The predicted molar refractivity (Wildman–Crippen MR) is 101 cm³/mol. The standard InChI is InChI=1S/C20H21F3N2O4/c1-28-11-3-10-24-19(27)14-6-8-17(9-7-14)29-13-18(26)25-16-5-2-4-15(12-16)20(21,22)23/h2,4-9,12H,3,10-11,13H2,1H3,(H,24,27)(H,25,26). The van der Waals surface area contributed by atoms with Crippen molar-refractivity contribution >= 4 is 17.5 Å². The molecule has 0 saturated heterocycles. The number of hydrogen-bond donors (Lipinski definition) is 2. The molecule has 0 heterocycles. The van der Waals surface area contributed by atoms with Crippen LogP contribution in [0.15, 0.2) is 48.5 Å². The van der Waals surface area contributed by atoms with E-state index in [-0.39, 0.29) is 11.6 Å². The van der Waals surface area contributed by atoms with Crippen molar-refractivity contribution in [1.82, 2.24) is 5.32 Å². The number of hydrogen-bond acceptors (Lipinski definition) is 4. The summed E-state index contributed by atoms with van der Waals surface area (Å²) in [5.74, 6) is -0.501. The number of nitrogens with one attached hydrogen (secondary N) is 2. The Morgan fingerprint density at radius 1 is 1.07 bits per heavy atom. The highest BCUT2D eigenvalue weighted by Gasteiger charge is 2.30. The van der Waals surface area contributed by atoms with Gasteiger partial charge in [-0.1, -0.05) is 6.07 Å². The first-order chi connectivity index (χ1) is 13.8. The third kappa shape index (κ3) is 7.46. The van der Waals surface area contributed by atoms with Crippen molar-refractivity contribution in [2.45, 2.75) is 12.6 Å². The number of carbonyl (C=O) groups is 2. The molecule has 0 atom stereocenters. The Kier molecular flexibility index (Phi) is 8.02. The Hall–Kier alpha value is -3.07. The molecule has 0 radical (unpaired) electrons. The highest BCUT2D eigenvalue weighted by atomic mass is 19.4. The molecule has 156 valence electrons. The van der Waals surface area contributed by atoms with Crippen LogP contribution in [0.25, 0.3) is 0 Å². The molecule has 2 rings (SSSR count). The quantitative estimate of drug-likeness (QED) is 0.621. The van der Waals surface area contributed by atoms with Crippen LogP contribution in [0.1, 0.15) is 22.3 Å². The molecule has 0 saturated carbocycles. The van der Waals surface area contributed by atoms with Crippen molar-refractivity contribution in [2.24, 2.45) is 0 Å². The summed E-state index contributed by atoms with van der Waals surface area (Å²) in [5, 5.41) is 5.09. The largest absolute Gasteiger partial charge is 0.484 e. The highest BCUT2D eigenvalue weighted by Crippen LogP contribution is 2.30. The Morgan fingerprint density at radius 3 is 2.45 bits per heavy atom. The lowest BCUT2D eigenvalue weighted by Crippen LogP contribution is -2.25. The summed E-state index contributed by atoms with van der Waals surface area (Å²) in [7, 11) is 1.58. The van der Waals surface area contributed by atoms with Gasteiger partial charge in [0.1, 0.15) is 5.75 Å². The topological polar surface area (TPSA) is 76.7 Å². The van der Waals surface area contributed by atoms with Crippen LogP contribution in [0.5, 0.6) is 5.75 Å². The summed E-state index contributed by atoms with van der Waals surface area (Å²) in [4.78, 5) is 23.9. The number of anilines is 1. The van der Waals surface area contributed by atoms with Gasteiger partial charge in [0.05, 0.1) is 5.56 Å². The van der Waals surface area contributed by atoms with E-state index in [9.17, 15) is 22.8 Å². The van der Waals surface area contributed by atoms with Crippen molar-refractivity contribution < 1.29 is 32.2 Å². The summed E-state index contributed by atoms with van der Waals surface area (Å²) in [5.41, 5.74) is -0.399. The van der Waals surface area contributed by atoms with Gasteiger partial charge in [-0.3, -0.25) is 9.59 Å². The van der Waals surface area contributed by atoms with Crippen LogP contribution in [-0.2, 0) is 15.7 Å². The fraction of sp³-hybridized carbons (Fsp3) is 0.300. The molecular weight excluding hydrogens is 389 g/mol. The van der Waals surface area contributed by atoms with Crippen LogP contribution in [0.2, 0.25) is 0 Å². The van der Waals surface area contributed by atoms with E-state index in [1.165, 1.54) is 24.3 Å². The zero-order valence-corrected chi connectivity index (χ0v) is 15.7. The van der Waals surface area contributed by atoms with E-state index in [2.05, 4.69) is 10.6 Å². The molecule has 0 unspecified atom stereocenters. The summed E-state index contributed by atoms with van der Waals surface area (Å²) in [6.07, 6.45) is -3.79. The maximum atomic E-state index is 12.7. The van der Waals surface area contributed by atoms with Gasteiger partial charge >= 0.3 is 6.18 Å². The van der Waals surface area contributed by atoms with Crippen LogP contribution in [-0.4, -0.2) is 38.7 Å². The van der Waals surface area contributed by atoms with Gasteiger partial charge in [-0.15, -0.1) is 0 Å². The van der Waals surface area contributed by atoms with E-state index >= 15 is 0 Å². The molecule has 0 bridgehead atoms. The predicted octanol–water partition coefficient (Wildman–Crippen LogP) is 3.49. The number of carbonyl (C=O) groups excluding carboxylic acids is 2. The van der Waals surface area contributed by atoms with Gasteiger partial charge in [0.2, 0.25) is 0 Å². The van der Waals surface area contributed by atoms with Crippen LogP contribution < -0.4 is 15.4 Å². The molecule has 2 N–H and O–H groups in total. The van der Waals surface area contributed by atoms with Crippen molar-refractivity contribution in [3.8, 4) is 5.75 Å². The number of methoxy groups -OCH3 is 1. The molecule has 2 aromatic rings. The summed E-state index contributed by atoms with van der Waals surface area (Å²) < 4.78 is 48.3. The van der Waals surface area contributed by atoms with E-state index < -0.39 is 24.3 Å². The smallest absolute Gasteiger partial charge is 0.416 e. The molecule has 0 spiro atoms. The van der Waals surface area contributed by atoms with Gasteiger partial charge in [0.15, 0.2) is 6.61 Å². The average molecular weight is 410 g/mol. The van der Waals surface area contributed by atoms with Crippen molar-refractivity contribution in [3.05, 3.63) is 59.7 Å². The van der Waals surface area contributed by atoms with Gasteiger partial charge < -0.3 is 20.1 Å². The summed E-state index contributed by atoms with van der Waals surface area (Å²) >= 11 is 0. The Labute approximate surface area is 166 Å². The van der Waals surface area contributed by atoms with E-state index in [1.54, 1.807) is 19.2 Å². The number of ether oxygens (including phenoxy) is 2. The second-order valence-electron chi connectivity index (χ2n) is 6.04. The van der Waals surface area contributed by atoms with Gasteiger partial charge in [0, 0.05) is 31.5 Å². The summed E-state index contributed by atoms with van der Waals surface area (Å²) in [6, 6.07) is 10.5. The first-order valence-electron chi connectivity index (χ1n) is 8.76. The molecule has 0 aliphatic rings. The molecule has 9 heteroatoms. The second kappa shape index (κ2) is 10.5. The van der Waals surface area contributed by atoms with E-state index in [4.69, 9.17) is 9.47 Å². The lowest BCUT2D eigenvalue weighted by molar-refractivity contribution is -0.137. The molecule has 29 heavy (non-hydrogen) atoms. The first kappa shape index (κ1) is 22.2. The fourth-order valence-electron chi connectivity index (χ4n) is 2.34. The number of rotatable bonds is 9. The van der Waals surface area contributed by atoms with Crippen LogP contribution >= 0.6 is 0 Å². The average Bonchev–Trinajstić information content (AvgIpc) is 2.69. The van der Waals surface area contributed by atoms with Crippen molar-refractivity contribution in [3.63, 3.8) is 0 Å². The Morgan fingerprint density at radius 2 is 1.79 bits per heavy atom. The molecule has 0 fully saturated rings. The number of amides is 2. The minimum atomic E-state index is -4.49. The second-order valence-corrected chi connectivity index (χ2v) is 6.04. The van der Waals surface area contributed by atoms with E-state index in [0.29, 0.717) is 30.9 Å². The maximum Gasteiger partial charge on any atom is 0.416 e. The zero-order chi connectivity index (χ0) is 21.3. The zero-order valence-electron chi connectivity index (χ0n) is 15.7. The normalized spacial score (nSPS) is 11.0. The van der Waals surface area contributed by atoms with Crippen LogP contribution in [0.3, 0.4) is 0 Å². The van der Waals surface area contributed by atoms with E-state index in [0.717, 1.165) is 12.1 Å². The van der Waals surface area contributed by atoms with Crippen molar-refractivity contribution in [1.29, 1.82) is 0 Å². The lowest BCUT2D eigenvalue weighted by Gasteiger charge is -2.11. The molecule has 2 aromatic carbocycles. The number of halogens is 3. The third-order valence-corrected chi connectivity index (χ3v) is 3.77. The molecular formula is C20H21F3N2O4. The maximum absolute atomic E-state index is 12.7. The highest BCUT2D eigenvalue weighted by molar-refractivity contribution is 5.94. The van der Waals surface area contributed by atoms with Crippen LogP contribution in [0, 0.1) is 0 Å². The molecule has 2 amide bonds. The first-order valence-corrected chi connectivity index (χ1v) is 8.76. The fourth-order valence-corrected chi connectivity index (χ4v) is 2.34. The minimum Gasteiger partial charge on any atom is -0.484 e. The Balaban J connectivity index is 1.82.